The zero-order valence-corrected chi connectivity index (χ0v) is 13.7. The molecule has 0 spiro atoms. The van der Waals surface area contributed by atoms with E-state index in [-0.39, 0.29) is 0 Å². The largest absolute Gasteiger partial charge is 0.381 e. The molecule has 2 aliphatic rings. The van der Waals surface area contributed by atoms with Crippen LogP contribution in [-0.2, 0) is 0 Å². The van der Waals surface area contributed by atoms with Crippen LogP contribution in [0.4, 0.5) is 5.69 Å². The summed E-state index contributed by atoms with van der Waals surface area (Å²) in [7, 11) is 0. The third-order valence-corrected chi connectivity index (χ3v) is 5.63. The lowest BCUT2D eigenvalue weighted by Gasteiger charge is -2.18. The molecule has 0 aromatic heterocycles. The molecule has 2 nitrogen and oxygen atoms in total. The third kappa shape index (κ3) is 2.30. The van der Waals surface area contributed by atoms with Gasteiger partial charge in [0, 0.05) is 23.2 Å². The maximum Gasteiger partial charge on any atom is 0.0670 e. The van der Waals surface area contributed by atoms with E-state index in [0.717, 1.165) is 31.5 Å². The van der Waals surface area contributed by atoms with Crippen molar-refractivity contribution in [1.82, 2.24) is 5.32 Å². The average molecular weight is 333 g/mol. The number of halogens is 2. The molecule has 2 atom stereocenters. The summed E-state index contributed by atoms with van der Waals surface area (Å²) in [5.41, 5.74) is 4.91. The molecular weight excluding hydrogens is 315 g/mol. The molecule has 0 radical (unpaired) electrons. The molecule has 114 valence electrons. The van der Waals surface area contributed by atoms with Gasteiger partial charge in [0.2, 0.25) is 0 Å². The van der Waals surface area contributed by atoms with E-state index in [1.165, 1.54) is 16.8 Å². The molecule has 0 amide bonds. The van der Waals surface area contributed by atoms with Gasteiger partial charge in [-0.05, 0) is 49.2 Å². The lowest BCUT2D eigenvalue weighted by atomic mass is 9.86. The Kier molecular flexibility index (Phi) is 3.77. The van der Waals surface area contributed by atoms with Crippen LogP contribution in [0.25, 0.3) is 11.1 Å². The number of rotatable bonds is 1. The molecular formula is C18H18Cl2N2. The van der Waals surface area contributed by atoms with Gasteiger partial charge in [-0.25, -0.2) is 0 Å². The summed E-state index contributed by atoms with van der Waals surface area (Å²) in [5.74, 6) is 0.538. The van der Waals surface area contributed by atoms with Gasteiger partial charge < -0.3 is 10.6 Å². The normalized spacial score (nSPS) is 23.4. The first-order valence-electron chi connectivity index (χ1n) is 7.80. The van der Waals surface area contributed by atoms with Crippen molar-refractivity contribution in [2.24, 2.45) is 0 Å². The Hall–Kier alpha value is -1.22. The van der Waals surface area contributed by atoms with Crippen molar-refractivity contribution in [3.05, 3.63) is 52.0 Å². The summed E-state index contributed by atoms with van der Waals surface area (Å²) < 4.78 is 0. The topological polar surface area (TPSA) is 24.1 Å². The minimum atomic E-state index is 0.518. The van der Waals surface area contributed by atoms with Crippen molar-refractivity contribution in [3.63, 3.8) is 0 Å². The fourth-order valence-corrected chi connectivity index (χ4v) is 4.20. The van der Waals surface area contributed by atoms with Crippen molar-refractivity contribution < 1.29 is 0 Å². The van der Waals surface area contributed by atoms with Crippen molar-refractivity contribution in [1.29, 1.82) is 0 Å². The van der Waals surface area contributed by atoms with Gasteiger partial charge in [0.1, 0.15) is 0 Å². The molecule has 0 saturated carbocycles. The highest BCUT2D eigenvalue weighted by molar-refractivity contribution is 6.43. The summed E-state index contributed by atoms with van der Waals surface area (Å²) in [5, 5.41) is 8.46. The first-order chi connectivity index (χ1) is 10.8. The second kappa shape index (κ2) is 5.77. The Morgan fingerprint density at radius 3 is 2.59 bits per heavy atom. The highest BCUT2D eigenvalue weighted by Gasteiger charge is 2.35. The number of hydrogen-bond donors (Lipinski definition) is 2. The van der Waals surface area contributed by atoms with E-state index in [1.54, 1.807) is 0 Å². The minimum absolute atomic E-state index is 0.518. The molecule has 22 heavy (non-hydrogen) atoms. The van der Waals surface area contributed by atoms with Crippen LogP contribution in [0, 0.1) is 0 Å². The van der Waals surface area contributed by atoms with E-state index in [2.05, 4.69) is 34.9 Å². The van der Waals surface area contributed by atoms with Gasteiger partial charge in [0.15, 0.2) is 0 Å². The third-order valence-electron chi connectivity index (χ3n) is 4.81. The quantitative estimate of drug-likeness (QED) is 0.774. The fourth-order valence-electron chi connectivity index (χ4n) is 3.80. The molecule has 2 aliphatic heterocycles. The van der Waals surface area contributed by atoms with Crippen LogP contribution in [0.15, 0.2) is 36.4 Å². The summed E-state index contributed by atoms with van der Waals surface area (Å²) in [6.45, 7) is 2.15. The Morgan fingerprint density at radius 2 is 1.68 bits per heavy atom. The molecule has 0 aliphatic carbocycles. The van der Waals surface area contributed by atoms with Crippen LogP contribution in [0.1, 0.15) is 24.3 Å². The second-order valence-corrected chi connectivity index (χ2v) is 6.84. The van der Waals surface area contributed by atoms with Crippen LogP contribution in [0.3, 0.4) is 0 Å². The molecule has 4 heteroatoms. The smallest absolute Gasteiger partial charge is 0.0670 e. The van der Waals surface area contributed by atoms with E-state index in [4.69, 9.17) is 23.2 Å². The second-order valence-electron chi connectivity index (χ2n) is 6.05. The van der Waals surface area contributed by atoms with Crippen molar-refractivity contribution in [2.45, 2.75) is 24.8 Å². The van der Waals surface area contributed by atoms with Crippen molar-refractivity contribution >= 4 is 28.9 Å². The highest BCUT2D eigenvalue weighted by atomic mass is 35.5. The molecule has 2 heterocycles. The number of hydrogen-bond acceptors (Lipinski definition) is 2. The van der Waals surface area contributed by atoms with E-state index in [9.17, 15) is 0 Å². The number of anilines is 1. The molecule has 1 saturated heterocycles. The summed E-state index contributed by atoms with van der Waals surface area (Å²) >= 11 is 12.7. The molecule has 0 bridgehead atoms. The fraction of sp³-hybridized carbons (Fsp3) is 0.333. The molecule has 4 rings (SSSR count). The van der Waals surface area contributed by atoms with Gasteiger partial charge in [0.05, 0.1) is 10.0 Å². The Balaban J connectivity index is 1.87. The standard InChI is InChI=1S/C18H18Cl2N2/c19-14-5-1-4-12(18(14)20)11-3-2-6-16-17(11)13-7-9-21-10-8-15(13)22-16/h1-6,13,15,21-22H,7-10H2. The maximum absolute atomic E-state index is 6.47. The molecule has 2 aromatic rings. The molecule has 2 aromatic carbocycles. The van der Waals surface area contributed by atoms with Crippen LogP contribution in [0.5, 0.6) is 0 Å². The summed E-state index contributed by atoms with van der Waals surface area (Å²) in [6, 6.07) is 12.8. The average Bonchev–Trinajstić information content (AvgIpc) is 2.72. The first kappa shape index (κ1) is 14.4. The van der Waals surface area contributed by atoms with Gasteiger partial charge in [-0.2, -0.15) is 0 Å². The Labute approximate surface area is 140 Å². The zero-order valence-electron chi connectivity index (χ0n) is 12.2. The van der Waals surface area contributed by atoms with Gasteiger partial charge in [0.25, 0.3) is 0 Å². The predicted molar refractivity (Wildman–Crippen MR) is 94.2 cm³/mol. The lowest BCUT2D eigenvalue weighted by Crippen LogP contribution is -2.21. The van der Waals surface area contributed by atoms with Crippen LogP contribution >= 0.6 is 23.2 Å². The summed E-state index contributed by atoms with van der Waals surface area (Å²) in [6.07, 6.45) is 2.31. The Bertz CT molecular complexity index is 714. The molecule has 1 fully saturated rings. The van der Waals surface area contributed by atoms with Crippen molar-refractivity contribution in [2.75, 3.05) is 18.4 Å². The molecule has 2 unspecified atom stereocenters. The highest BCUT2D eigenvalue weighted by Crippen LogP contribution is 2.47. The van der Waals surface area contributed by atoms with E-state index in [1.807, 2.05) is 12.1 Å². The van der Waals surface area contributed by atoms with Crippen LogP contribution in [-0.4, -0.2) is 19.1 Å². The van der Waals surface area contributed by atoms with Gasteiger partial charge >= 0.3 is 0 Å². The van der Waals surface area contributed by atoms with Crippen LogP contribution < -0.4 is 10.6 Å². The predicted octanol–water partition coefficient (Wildman–Crippen LogP) is 4.92. The SMILES string of the molecule is Clc1cccc(-c2cccc3c2C2CCNCCC2N3)c1Cl. The lowest BCUT2D eigenvalue weighted by molar-refractivity contribution is 0.579. The van der Waals surface area contributed by atoms with E-state index in [0.29, 0.717) is 22.0 Å². The van der Waals surface area contributed by atoms with E-state index < -0.39 is 0 Å². The first-order valence-corrected chi connectivity index (χ1v) is 8.56. The zero-order chi connectivity index (χ0) is 15.1. The monoisotopic (exact) mass is 332 g/mol. The number of fused-ring (bicyclic) bond motifs is 3. The molecule has 2 N–H and O–H groups in total. The number of nitrogens with one attached hydrogen (secondary N) is 2. The van der Waals surface area contributed by atoms with Crippen molar-refractivity contribution in [3.8, 4) is 11.1 Å². The van der Waals surface area contributed by atoms with E-state index >= 15 is 0 Å². The van der Waals surface area contributed by atoms with Gasteiger partial charge in [-0.1, -0.05) is 47.5 Å². The summed E-state index contributed by atoms with van der Waals surface area (Å²) in [4.78, 5) is 0. The van der Waals surface area contributed by atoms with Crippen LogP contribution in [0.2, 0.25) is 10.0 Å². The minimum Gasteiger partial charge on any atom is -0.381 e. The Morgan fingerprint density at radius 1 is 0.909 bits per heavy atom. The number of benzene rings is 2. The maximum atomic E-state index is 6.47. The van der Waals surface area contributed by atoms with Gasteiger partial charge in [-0.15, -0.1) is 0 Å². The van der Waals surface area contributed by atoms with Gasteiger partial charge in [-0.3, -0.25) is 0 Å².